The van der Waals surface area contributed by atoms with Gasteiger partial charge in [0.25, 0.3) is 0 Å². The molecule has 0 unspecified atom stereocenters. The number of aromatic nitrogens is 1. The normalized spacial score (nSPS) is 11.7. The van der Waals surface area contributed by atoms with Crippen LogP contribution in [0.3, 0.4) is 0 Å². The first-order valence-electron chi connectivity index (χ1n) is 7.80. The lowest BCUT2D eigenvalue weighted by atomic mass is 10.1. The number of carbonyl (C=O) groups is 1. The number of para-hydroxylation sites is 1. The van der Waals surface area contributed by atoms with E-state index >= 15 is 0 Å². The third-order valence-electron chi connectivity index (χ3n) is 3.76. The molecule has 0 saturated heterocycles. The maximum atomic E-state index is 13.1. The molecule has 3 aromatic rings. The van der Waals surface area contributed by atoms with E-state index < -0.39 is 17.6 Å². The highest BCUT2D eigenvalue weighted by Crippen LogP contribution is 2.32. The fourth-order valence-electron chi connectivity index (χ4n) is 2.50. The lowest BCUT2D eigenvalue weighted by molar-refractivity contribution is -0.138. The average Bonchev–Trinajstić information content (AvgIpc) is 3.01. The highest BCUT2D eigenvalue weighted by molar-refractivity contribution is 7.18. The Hall–Kier alpha value is -2.48. The van der Waals surface area contributed by atoms with Crippen molar-refractivity contribution >= 4 is 27.5 Å². The van der Waals surface area contributed by atoms with E-state index in [-0.39, 0.29) is 24.4 Å². The molecular weight excluding hydrogens is 368 g/mol. The number of rotatable bonds is 5. The quantitative estimate of drug-likeness (QED) is 0.650. The Morgan fingerprint density at radius 1 is 1.15 bits per heavy atom. The van der Waals surface area contributed by atoms with Gasteiger partial charge in [-0.15, -0.1) is 11.3 Å². The van der Waals surface area contributed by atoms with Gasteiger partial charge in [-0.25, -0.2) is 9.37 Å². The van der Waals surface area contributed by atoms with Gasteiger partial charge >= 0.3 is 6.18 Å². The van der Waals surface area contributed by atoms with Crippen molar-refractivity contribution in [3.05, 3.63) is 64.4 Å². The van der Waals surface area contributed by atoms with Crippen molar-refractivity contribution in [1.29, 1.82) is 0 Å². The summed E-state index contributed by atoms with van der Waals surface area (Å²) in [5.74, 6) is -1.36. The third kappa shape index (κ3) is 4.37. The minimum atomic E-state index is -4.68. The van der Waals surface area contributed by atoms with E-state index in [0.29, 0.717) is 12.5 Å². The largest absolute Gasteiger partial charge is 0.416 e. The molecule has 1 heterocycles. The van der Waals surface area contributed by atoms with Crippen LogP contribution in [0.15, 0.2) is 42.5 Å². The maximum Gasteiger partial charge on any atom is 0.416 e. The number of fused-ring (bicyclic) bond motifs is 1. The Morgan fingerprint density at radius 2 is 1.92 bits per heavy atom. The van der Waals surface area contributed by atoms with Crippen molar-refractivity contribution < 1.29 is 22.4 Å². The predicted octanol–water partition coefficient (Wildman–Crippen LogP) is 4.70. The molecule has 0 atom stereocenters. The van der Waals surface area contributed by atoms with Crippen LogP contribution in [0.25, 0.3) is 10.2 Å². The first-order chi connectivity index (χ1) is 12.3. The summed E-state index contributed by atoms with van der Waals surface area (Å²) in [5.41, 5.74) is -0.398. The molecule has 1 amide bonds. The molecule has 0 spiro atoms. The molecule has 3 nitrogen and oxygen atoms in total. The standard InChI is InChI=1S/C18H14F4N2OS/c19-12-6-5-11(13(9-12)18(20,21)22)10-23-16(25)7-8-17-24-14-3-1-2-4-15(14)26-17/h1-6,9H,7-8,10H2,(H,23,25). The molecule has 8 heteroatoms. The Kier molecular flexibility index (Phi) is 5.22. The van der Waals surface area contributed by atoms with E-state index in [2.05, 4.69) is 10.3 Å². The summed E-state index contributed by atoms with van der Waals surface area (Å²) in [4.78, 5) is 16.4. The van der Waals surface area contributed by atoms with E-state index in [4.69, 9.17) is 0 Å². The van der Waals surface area contributed by atoms with Gasteiger partial charge in [-0.3, -0.25) is 4.79 Å². The molecule has 1 aromatic heterocycles. The van der Waals surface area contributed by atoms with Crippen molar-refractivity contribution in [2.45, 2.75) is 25.6 Å². The number of alkyl halides is 3. The van der Waals surface area contributed by atoms with Crippen LogP contribution in [0.2, 0.25) is 0 Å². The van der Waals surface area contributed by atoms with Crippen LogP contribution in [0.1, 0.15) is 22.6 Å². The van der Waals surface area contributed by atoms with Crippen LogP contribution < -0.4 is 5.32 Å². The van der Waals surface area contributed by atoms with Gasteiger partial charge in [0, 0.05) is 19.4 Å². The third-order valence-corrected chi connectivity index (χ3v) is 4.85. The molecular formula is C18H14F4N2OS. The molecule has 0 fully saturated rings. The topological polar surface area (TPSA) is 42.0 Å². The smallest absolute Gasteiger partial charge is 0.352 e. The Labute approximate surface area is 150 Å². The number of hydrogen-bond acceptors (Lipinski definition) is 3. The van der Waals surface area contributed by atoms with Gasteiger partial charge in [0.05, 0.1) is 20.8 Å². The van der Waals surface area contributed by atoms with Crippen LogP contribution in [-0.4, -0.2) is 10.9 Å². The second-order valence-electron chi connectivity index (χ2n) is 5.65. The van der Waals surface area contributed by atoms with Gasteiger partial charge in [-0.1, -0.05) is 18.2 Å². The predicted molar refractivity (Wildman–Crippen MR) is 91.2 cm³/mol. The molecule has 136 valence electrons. The van der Waals surface area contributed by atoms with Gasteiger partial charge in [-0.2, -0.15) is 13.2 Å². The first-order valence-corrected chi connectivity index (χ1v) is 8.61. The molecule has 2 aromatic carbocycles. The molecule has 0 aliphatic rings. The van der Waals surface area contributed by atoms with Crippen molar-refractivity contribution in [2.24, 2.45) is 0 Å². The zero-order chi connectivity index (χ0) is 18.7. The zero-order valence-electron chi connectivity index (χ0n) is 13.4. The monoisotopic (exact) mass is 382 g/mol. The number of halogens is 4. The number of nitrogens with one attached hydrogen (secondary N) is 1. The van der Waals surface area contributed by atoms with Crippen molar-refractivity contribution in [2.75, 3.05) is 0 Å². The number of amides is 1. The van der Waals surface area contributed by atoms with E-state index in [0.717, 1.165) is 27.4 Å². The van der Waals surface area contributed by atoms with E-state index in [9.17, 15) is 22.4 Å². The number of carbonyl (C=O) groups excluding carboxylic acids is 1. The second kappa shape index (κ2) is 7.41. The lowest BCUT2D eigenvalue weighted by Crippen LogP contribution is -2.24. The highest BCUT2D eigenvalue weighted by Gasteiger charge is 2.33. The fraction of sp³-hybridized carbons (Fsp3) is 0.222. The van der Waals surface area contributed by atoms with Crippen LogP contribution in [0.5, 0.6) is 0 Å². The summed E-state index contributed by atoms with van der Waals surface area (Å²) in [5, 5.41) is 3.24. The number of nitrogens with zero attached hydrogens (tertiary/aromatic N) is 1. The molecule has 3 rings (SSSR count). The number of aryl methyl sites for hydroxylation is 1. The summed E-state index contributed by atoms with van der Waals surface area (Å²) >= 11 is 1.48. The minimum absolute atomic E-state index is 0.113. The summed E-state index contributed by atoms with van der Waals surface area (Å²) in [6.45, 7) is -0.312. The Balaban J connectivity index is 1.59. The zero-order valence-corrected chi connectivity index (χ0v) is 14.3. The molecule has 0 radical (unpaired) electrons. The molecule has 1 N–H and O–H groups in total. The number of benzene rings is 2. The molecule has 0 bridgehead atoms. The molecule has 0 aliphatic heterocycles. The summed E-state index contributed by atoms with van der Waals surface area (Å²) in [7, 11) is 0. The van der Waals surface area contributed by atoms with Gasteiger partial charge < -0.3 is 5.32 Å². The van der Waals surface area contributed by atoms with Gasteiger partial charge in [0.1, 0.15) is 5.82 Å². The molecule has 0 saturated carbocycles. The maximum absolute atomic E-state index is 13.1. The first kappa shape index (κ1) is 18.3. The second-order valence-corrected chi connectivity index (χ2v) is 6.77. The van der Waals surface area contributed by atoms with Gasteiger partial charge in [-0.05, 0) is 29.8 Å². The summed E-state index contributed by atoms with van der Waals surface area (Å²) in [6.07, 6.45) is -4.16. The summed E-state index contributed by atoms with van der Waals surface area (Å²) < 4.78 is 52.9. The molecule has 0 aliphatic carbocycles. The van der Waals surface area contributed by atoms with Crippen LogP contribution in [0, 0.1) is 5.82 Å². The van der Waals surface area contributed by atoms with E-state index in [1.54, 1.807) is 0 Å². The van der Waals surface area contributed by atoms with Crippen LogP contribution in [-0.2, 0) is 23.9 Å². The molecule has 26 heavy (non-hydrogen) atoms. The SMILES string of the molecule is O=C(CCc1nc2ccccc2s1)NCc1ccc(F)cc1C(F)(F)F. The number of hydrogen-bond donors (Lipinski definition) is 1. The summed E-state index contributed by atoms with van der Waals surface area (Å²) in [6, 6.07) is 10.00. The van der Waals surface area contributed by atoms with E-state index in [1.807, 2.05) is 24.3 Å². The van der Waals surface area contributed by atoms with Gasteiger partial charge in [0.2, 0.25) is 5.91 Å². The van der Waals surface area contributed by atoms with E-state index in [1.165, 1.54) is 11.3 Å². The fourth-order valence-corrected chi connectivity index (χ4v) is 3.46. The van der Waals surface area contributed by atoms with Crippen LogP contribution in [0.4, 0.5) is 17.6 Å². The average molecular weight is 382 g/mol. The van der Waals surface area contributed by atoms with Crippen LogP contribution >= 0.6 is 11.3 Å². The van der Waals surface area contributed by atoms with Crippen molar-refractivity contribution in [3.63, 3.8) is 0 Å². The number of thiazole rings is 1. The minimum Gasteiger partial charge on any atom is -0.352 e. The van der Waals surface area contributed by atoms with Crippen molar-refractivity contribution in [1.82, 2.24) is 10.3 Å². The lowest BCUT2D eigenvalue weighted by Gasteiger charge is -2.13. The Bertz CT molecular complexity index is 903. The Morgan fingerprint density at radius 3 is 2.65 bits per heavy atom. The highest BCUT2D eigenvalue weighted by atomic mass is 32.1. The van der Waals surface area contributed by atoms with Crippen molar-refractivity contribution in [3.8, 4) is 0 Å². The van der Waals surface area contributed by atoms with Gasteiger partial charge in [0.15, 0.2) is 0 Å².